The van der Waals surface area contributed by atoms with Crippen molar-refractivity contribution in [1.29, 1.82) is 0 Å². The SMILES string of the molecule is C=C(CC)/N=C(\C)c1nnc2n1CCN(C(=C)c1ccc(C)cc1)[C@@H]2C. The van der Waals surface area contributed by atoms with Crippen molar-refractivity contribution in [1.82, 2.24) is 19.7 Å². The zero-order chi connectivity index (χ0) is 18.8. The summed E-state index contributed by atoms with van der Waals surface area (Å²) in [5.41, 5.74) is 5.15. The van der Waals surface area contributed by atoms with Gasteiger partial charge in [-0.25, -0.2) is 0 Å². The van der Waals surface area contributed by atoms with Crippen LogP contribution in [0.2, 0.25) is 0 Å². The van der Waals surface area contributed by atoms with Crippen LogP contribution in [0.4, 0.5) is 0 Å². The Morgan fingerprint density at radius 3 is 2.54 bits per heavy atom. The van der Waals surface area contributed by atoms with Crippen molar-refractivity contribution in [2.24, 2.45) is 4.99 Å². The van der Waals surface area contributed by atoms with Gasteiger partial charge in [-0.15, -0.1) is 10.2 Å². The number of hydrogen-bond donors (Lipinski definition) is 0. The molecule has 0 bridgehead atoms. The van der Waals surface area contributed by atoms with E-state index in [1.54, 1.807) is 0 Å². The van der Waals surface area contributed by atoms with E-state index in [0.29, 0.717) is 0 Å². The van der Waals surface area contributed by atoms with Gasteiger partial charge in [-0.2, -0.15) is 0 Å². The summed E-state index contributed by atoms with van der Waals surface area (Å²) in [5, 5.41) is 8.85. The molecule has 0 spiro atoms. The minimum absolute atomic E-state index is 0.112. The summed E-state index contributed by atoms with van der Waals surface area (Å²) in [5.74, 6) is 1.79. The molecule has 136 valence electrons. The van der Waals surface area contributed by atoms with Crippen LogP contribution in [0.5, 0.6) is 0 Å². The quantitative estimate of drug-likeness (QED) is 0.753. The topological polar surface area (TPSA) is 46.3 Å². The molecule has 0 saturated heterocycles. The number of allylic oxidation sites excluding steroid dienone is 1. The lowest BCUT2D eigenvalue weighted by molar-refractivity contribution is 0.250. The monoisotopic (exact) mass is 349 g/mol. The lowest BCUT2D eigenvalue weighted by Gasteiger charge is -2.36. The zero-order valence-corrected chi connectivity index (χ0v) is 16.2. The number of benzene rings is 1. The van der Waals surface area contributed by atoms with E-state index < -0.39 is 0 Å². The van der Waals surface area contributed by atoms with E-state index in [1.807, 2.05) is 6.92 Å². The van der Waals surface area contributed by atoms with Gasteiger partial charge in [0.25, 0.3) is 0 Å². The first kappa shape index (κ1) is 18.1. The van der Waals surface area contributed by atoms with Gasteiger partial charge in [0.15, 0.2) is 11.6 Å². The summed E-state index contributed by atoms with van der Waals surface area (Å²) >= 11 is 0. The van der Waals surface area contributed by atoms with Gasteiger partial charge in [0, 0.05) is 24.5 Å². The second-order valence-electron chi connectivity index (χ2n) is 6.83. The maximum atomic E-state index is 4.55. The summed E-state index contributed by atoms with van der Waals surface area (Å²) < 4.78 is 2.17. The van der Waals surface area contributed by atoms with Gasteiger partial charge >= 0.3 is 0 Å². The van der Waals surface area contributed by atoms with Crippen LogP contribution in [0, 0.1) is 6.92 Å². The van der Waals surface area contributed by atoms with Crippen molar-refractivity contribution in [2.75, 3.05) is 6.54 Å². The largest absolute Gasteiger partial charge is 0.360 e. The van der Waals surface area contributed by atoms with E-state index in [4.69, 9.17) is 0 Å². The van der Waals surface area contributed by atoms with Crippen molar-refractivity contribution in [2.45, 2.75) is 46.7 Å². The molecule has 2 heterocycles. The number of aromatic nitrogens is 3. The number of hydrogen-bond acceptors (Lipinski definition) is 4. The van der Waals surface area contributed by atoms with E-state index in [9.17, 15) is 0 Å². The Kier molecular flexibility index (Phi) is 5.07. The molecule has 2 aromatic rings. The van der Waals surface area contributed by atoms with Gasteiger partial charge in [0.05, 0.1) is 11.8 Å². The highest BCUT2D eigenvalue weighted by atomic mass is 15.4. The van der Waals surface area contributed by atoms with Crippen LogP contribution in [0.3, 0.4) is 0 Å². The lowest BCUT2D eigenvalue weighted by atomic mass is 10.1. The zero-order valence-electron chi connectivity index (χ0n) is 16.2. The Bertz CT molecular complexity index is 857. The average Bonchev–Trinajstić information content (AvgIpc) is 3.07. The summed E-state index contributed by atoms with van der Waals surface area (Å²) in [4.78, 5) is 6.85. The molecule has 5 heteroatoms. The van der Waals surface area contributed by atoms with Crippen molar-refractivity contribution in [3.8, 4) is 0 Å². The predicted octanol–water partition coefficient (Wildman–Crippen LogP) is 4.37. The highest BCUT2D eigenvalue weighted by Crippen LogP contribution is 2.31. The van der Waals surface area contributed by atoms with Crippen LogP contribution < -0.4 is 0 Å². The molecule has 0 aliphatic carbocycles. The average molecular weight is 349 g/mol. The van der Waals surface area contributed by atoms with Crippen LogP contribution in [-0.2, 0) is 6.54 Å². The van der Waals surface area contributed by atoms with E-state index in [-0.39, 0.29) is 6.04 Å². The molecular weight excluding hydrogens is 322 g/mol. The Morgan fingerprint density at radius 2 is 1.88 bits per heavy atom. The van der Waals surface area contributed by atoms with Gasteiger partial charge in [0.2, 0.25) is 0 Å². The molecule has 0 radical (unpaired) electrons. The number of rotatable bonds is 5. The van der Waals surface area contributed by atoms with Crippen LogP contribution >= 0.6 is 0 Å². The molecule has 0 fully saturated rings. The lowest BCUT2D eigenvalue weighted by Crippen LogP contribution is -2.36. The molecular formula is C21H27N5. The van der Waals surface area contributed by atoms with E-state index in [2.05, 4.69) is 82.9 Å². The van der Waals surface area contributed by atoms with Crippen molar-refractivity contribution >= 4 is 11.4 Å². The normalized spacial score (nSPS) is 17.2. The minimum Gasteiger partial charge on any atom is -0.360 e. The van der Waals surface area contributed by atoms with Gasteiger partial charge in [0.1, 0.15) is 0 Å². The maximum Gasteiger partial charge on any atom is 0.178 e. The predicted molar refractivity (Wildman–Crippen MR) is 107 cm³/mol. The molecule has 1 atom stereocenters. The smallest absolute Gasteiger partial charge is 0.178 e. The van der Waals surface area contributed by atoms with E-state index in [0.717, 1.165) is 53.8 Å². The number of aryl methyl sites for hydroxylation is 1. The molecule has 1 aliphatic rings. The molecule has 0 unspecified atom stereocenters. The Morgan fingerprint density at radius 1 is 1.19 bits per heavy atom. The fraction of sp³-hybridized carbons (Fsp3) is 0.381. The van der Waals surface area contributed by atoms with Gasteiger partial charge in [-0.1, -0.05) is 49.9 Å². The molecule has 1 aromatic heterocycles. The second kappa shape index (κ2) is 7.28. The molecule has 0 N–H and O–H groups in total. The molecule has 1 aliphatic heterocycles. The summed E-state index contributed by atoms with van der Waals surface area (Å²) in [6.45, 7) is 18.2. The van der Waals surface area contributed by atoms with Crippen molar-refractivity contribution in [3.05, 3.63) is 65.9 Å². The molecule has 0 saturated carbocycles. The first-order valence-electron chi connectivity index (χ1n) is 9.11. The fourth-order valence-electron chi connectivity index (χ4n) is 3.30. The molecule has 3 rings (SSSR count). The third-order valence-electron chi connectivity index (χ3n) is 4.97. The molecule has 0 amide bonds. The van der Waals surface area contributed by atoms with E-state index >= 15 is 0 Å². The third-order valence-corrected chi connectivity index (χ3v) is 4.97. The highest BCUT2D eigenvalue weighted by Gasteiger charge is 2.29. The number of aliphatic imine (C=N–C) groups is 1. The molecule has 26 heavy (non-hydrogen) atoms. The van der Waals surface area contributed by atoms with Crippen molar-refractivity contribution < 1.29 is 0 Å². The summed E-state index contributed by atoms with van der Waals surface area (Å²) in [6.07, 6.45) is 0.832. The van der Waals surface area contributed by atoms with Crippen LogP contribution in [-0.4, -0.2) is 31.9 Å². The Balaban J connectivity index is 1.86. The Hall–Kier alpha value is -2.69. The first-order chi connectivity index (χ1) is 12.4. The highest BCUT2D eigenvalue weighted by molar-refractivity contribution is 5.96. The molecule has 5 nitrogen and oxygen atoms in total. The second-order valence-corrected chi connectivity index (χ2v) is 6.83. The van der Waals surface area contributed by atoms with Crippen molar-refractivity contribution in [3.63, 3.8) is 0 Å². The summed E-state index contributed by atoms with van der Waals surface area (Å²) in [6, 6.07) is 8.61. The van der Waals surface area contributed by atoms with Gasteiger partial charge < -0.3 is 9.47 Å². The van der Waals surface area contributed by atoms with E-state index in [1.165, 1.54) is 5.56 Å². The molecule has 1 aromatic carbocycles. The summed E-state index contributed by atoms with van der Waals surface area (Å²) in [7, 11) is 0. The van der Waals surface area contributed by atoms with Crippen LogP contribution in [0.15, 0.2) is 48.1 Å². The standard InChI is InChI=1S/C21H27N5/c1-7-15(3)22-16(4)20-23-24-21-18(6)25(12-13-26(20)21)17(5)19-10-8-14(2)9-11-19/h8-11,18H,3,5,7,12-13H2,1-2,4,6H3/b22-16+/t18-/m1/s1. The number of fused-ring (bicyclic) bond motifs is 1. The van der Waals surface area contributed by atoms with Crippen LogP contribution in [0.25, 0.3) is 5.70 Å². The Labute approximate surface area is 155 Å². The maximum absolute atomic E-state index is 4.55. The fourth-order valence-corrected chi connectivity index (χ4v) is 3.30. The van der Waals surface area contributed by atoms with Gasteiger partial charge in [-0.3, -0.25) is 4.99 Å². The van der Waals surface area contributed by atoms with Gasteiger partial charge in [-0.05, 0) is 32.8 Å². The third kappa shape index (κ3) is 3.34. The number of nitrogens with zero attached hydrogens (tertiary/aromatic N) is 5. The van der Waals surface area contributed by atoms with Crippen LogP contribution in [0.1, 0.15) is 56.0 Å². The first-order valence-corrected chi connectivity index (χ1v) is 9.11. The minimum atomic E-state index is 0.112.